The normalized spacial score (nSPS) is 13.1. The van der Waals surface area contributed by atoms with Gasteiger partial charge in [0, 0.05) is 17.7 Å². The van der Waals surface area contributed by atoms with E-state index >= 15 is 0 Å². The van der Waals surface area contributed by atoms with Gasteiger partial charge in [0.15, 0.2) is 0 Å². The standard InChI is InChI=1S/C15H18N4O/c1-20-11-7-5-10(6-8-11)9-14-17-13-4-2-3-12(13)15(18-14)19-16/h5-8H,2-4,9,16H2,1H3,(H,17,18,19). The van der Waals surface area contributed by atoms with E-state index < -0.39 is 0 Å². The Labute approximate surface area is 118 Å². The van der Waals surface area contributed by atoms with Crippen molar-refractivity contribution in [3.63, 3.8) is 0 Å². The molecule has 2 aromatic rings. The maximum Gasteiger partial charge on any atom is 0.147 e. The van der Waals surface area contributed by atoms with E-state index in [2.05, 4.69) is 15.4 Å². The summed E-state index contributed by atoms with van der Waals surface area (Å²) in [5, 5.41) is 0. The first-order valence-corrected chi connectivity index (χ1v) is 6.78. The van der Waals surface area contributed by atoms with Gasteiger partial charge in [0.2, 0.25) is 0 Å². The minimum atomic E-state index is 0.700. The molecule has 5 heteroatoms. The number of fused-ring (bicyclic) bond motifs is 1. The predicted molar refractivity (Wildman–Crippen MR) is 77.7 cm³/mol. The molecule has 0 saturated carbocycles. The van der Waals surface area contributed by atoms with Gasteiger partial charge in [-0.3, -0.25) is 0 Å². The Hall–Kier alpha value is -2.14. The summed E-state index contributed by atoms with van der Waals surface area (Å²) in [4.78, 5) is 9.18. The van der Waals surface area contributed by atoms with E-state index in [9.17, 15) is 0 Å². The van der Waals surface area contributed by atoms with Crippen molar-refractivity contribution in [2.75, 3.05) is 12.5 Å². The van der Waals surface area contributed by atoms with Crippen molar-refractivity contribution in [2.24, 2.45) is 5.84 Å². The van der Waals surface area contributed by atoms with Crippen molar-refractivity contribution >= 4 is 5.82 Å². The lowest BCUT2D eigenvalue weighted by Gasteiger charge is -2.09. The highest BCUT2D eigenvalue weighted by Crippen LogP contribution is 2.26. The quantitative estimate of drug-likeness (QED) is 0.655. The van der Waals surface area contributed by atoms with Gasteiger partial charge in [-0.2, -0.15) is 0 Å². The molecule has 0 amide bonds. The van der Waals surface area contributed by atoms with E-state index in [-0.39, 0.29) is 0 Å². The number of aromatic nitrogens is 2. The number of anilines is 1. The van der Waals surface area contributed by atoms with Gasteiger partial charge in [0.05, 0.1) is 7.11 Å². The van der Waals surface area contributed by atoms with E-state index in [0.29, 0.717) is 6.42 Å². The number of benzene rings is 1. The average Bonchev–Trinajstić information content (AvgIpc) is 2.95. The molecule has 1 heterocycles. The summed E-state index contributed by atoms with van der Waals surface area (Å²) in [5.74, 6) is 8.00. The van der Waals surface area contributed by atoms with E-state index in [1.165, 1.54) is 5.56 Å². The van der Waals surface area contributed by atoms with E-state index in [0.717, 1.165) is 47.9 Å². The van der Waals surface area contributed by atoms with Gasteiger partial charge in [-0.1, -0.05) is 12.1 Å². The lowest BCUT2D eigenvalue weighted by atomic mass is 10.1. The summed E-state index contributed by atoms with van der Waals surface area (Å²) >= 11 is 0. The van der Waals surface area contributed by atoms with Gasteiger partial charge in [-0.25, -0.2) is 15.8 Å². The zero-order chi connectivity index (χ0) is 13.9. The monoisotopic (exact) mass is 270 g/mol. The molecule has 0 saturated heterocycles. The topological polar surface area (TPSA) is 73.1 Å². The lowest BCUT2D eigenvalue weighted by molar-refractivity contribution is 0.414. The average molecular weight is 270 g/mol. The third-order valence-electron chi connectivity index (χ3n) is 3.64. The number of rotatable bonds is 4. The second-order valence-corrected chi connectivity index (χ2v) is 4.94. The van der Waals surface area contributed by atoms with Crippen LogP contribution in [0.15, 0.2) is 24.3 Å². The molecule has 1 aromatic carbocycles. The summed E-state index contributed by atoms with van der Waals surface area (Å²) < 4.78 is 5.16. The maximum atomic E-state index is 5.57. The molecular formula is C15H18N4O. The number of nitrogens with zero attached hydrogens (tertiary/aromatic N) is 2. The molecule has 3 N–H and O–H groups in total. The van der Waals surface area contributed by atoms with Gasteiger partial charge in [0.1, 0.15) is 17.4 Å². The van der Waals surface area contributed by atoms with Gasteiger partial charge in [-0.05, 0) is 37.0 Å². The van der Waals surface area contributed by atoms with Crippen LogP contribution in [-0.2, 0) is 19.3 Å². The van der Waals surface area contributed by atoms with Crippen molar-refractivity contribution in [3.8, 4) is 5.75 Å². The lowest BCUT2D eigenvalue weighted by Crippen LogP contribution is -2.14. The number of hydrogen-bond donors (Lipinski definition) is 2. The highest BCUT2D eigenvalue weighted by molar-refractivity contribution is 5.48. The Balaban J connectivity index is 1.86. The third kappa shape index (κ3) is 2.44. The van der Waals surface area contributed by atoms with Crippen LogP contribution in [0.2, 0.25) is 0 Å². The van der Waals surface area contributed by atoms with Crippen LogP contribution in [0.1, 0.15) is 29.1 Å². The van der Waals surface area contributed by atoms with Crippen molar-refractivity contribution in [3.05, 3.63) is 46.9 Å². The van der Waals surface area contributed by atoms with Crippen molar-refractivity contribution < 1.29 is 4.74 Å². The molecular weight excluding hydrogens is 252 g/mol. The van der Waals surface area contributed by atoms with Crippen molar-refractivity contribution in [1.29, 1.82) is 0 Å². The molecule has 0 fully saturated rings. The molecule has 1 aliphatic rings. The third-order valence-corrected chi connectivity index (χ3v) is 3.64. The van der Waals surface area contributed by atoms with E-state index in [1.54, 1.807) is 7.11 Å². The highest BCUT2D eigenvalue weighted by Gasteiger charge is 2.18. The second-order valence-electron chi connectivity index (χ2n) is 4.94. The van der Waals surface area contributed by atoms with Gasteiger partial charge in [0.25, 0.3) is 0 Å². The first-order chi connectivity index (χ1) is 9.80. The minimum absolute atomic E-state index is 0.700. The van der Waals surface area contributed by atoms with Gasteiger partial charge in [-0.15, -0.1) is 0 Å². The van der Waals surface area contributed by atoms with Crippen molar-refractivity contribution in [1.82, 2.24) is 9.97 Å². The number of ether oxygens (including phenoxy) is 1. The summed E-state index contributed by atoms with van der Waals surface area (Å²) in [6.45, 7) is 0. The molecule has 0 bridgehead atoms. The molecule has 0 unspecified atom stereocenters. The number of nitrogens with two attached hydrogens (primary N) is 1. The van der Waals surface area contributed by atoms with Crippen molar-refractivity contribution in [2.45, 2.75) is 25.7 Å². The number of hydrazine groups is 1. The van der Waals surface area contributed by atoms with Crippen LogP contribution in [0.25, 0.3) is 0 Å². The SMILES string of the molecule is COc1ccc(Cc2nc3c(c(NN)n2)CCC3)cc1. The van der Waals surface area contributed by atoms with Gasteiger partial charge >= 0.3 is 0 Å². The van der Waals surface area contributed by atoms with Crippen LogP contribution < -0.4 is 16.0 Å². The molecule has 0 spiro atoms. The summed E-state index contributed by atoms with van der Waals surface area (Å²) in [6.07, 6.45) is 3.86. The van der Waals surface area contributed by atoms with Crippen LogP contribution in [0.3, 0.4) is 0 Å². The molecule has 1 aromatic heterocycles. The van der Waals surface area contributed by atoms with Crippen LogP contribution >= 0.6 is 0 Å². The van der Waals surface area contributed by atoms with Crippen LogP contribution in [0.5, 0.6) is 5.75 Å². The van der Waals surface area contributed by atoms with Crippen LogP contribution in [0.4, 0.5) is 5.82 Å². The first-order valence-electron chi connectivity index (χ1n) is 6.78. The zero-order valence-electron chi connectivity index (χ0n) is 11.5. The molecule has 3 rings (SSSR count). The molecule has 104 valence electrons. The van der Waals surface area contributed by atoms with Crippen LogP contribution in [0, 0.1) is 0 Å². The first kappa shape index (κ1) is 12.9. The number of methoxy groups -OCH3 is 1. The van der Waals surface area contributed by atoms with Crippen LogP contribution in [-0.4, -0.2) is 17.1 Å². The molecule has 0 radical (unpaired) electrons. The predicted octanol–water partition coefficient (Wildman–Crippen LogP) is 1.85. The molecule has 0 atom stereocenters. The fourth-order valence-electron chi connectivity index (χ4n) is 2.61. The Kier molecular flexibility index (Phi) is 3.52. The molecule has 20 heavy (non-hydrogen) atoms. The number of aryl methyl sites for hydroxylation is 1. The Bertz CT molecular complexity index is 610. The van der Waals surface area contributed by atoms with E-state index in [1.807, 2.05) is 24.3 Å². The van der Waals surface area contributed by atoms with E-state index in [4.69, 9.17) is 10.6 Å². The summed E-state index contributed by atoms with van der Waals surface area (Å²) in [7, 11) is 1.66. The molecule has 1 aliphatic carbocycles. The number of nitrogen functional groups attached to an aromatic ring is 1. The number of hydrogen-bond acceptors (Lipinski definition) is 5. The Morgan fingerprint density at radius 2 is 2.00 bits per heavy atom. The fourth-order valence-corrected chi connectivity index (χ4v) is 2.61. The fraction of sp³-hybridized carbons (Fsp3) is 0.333. The second kappa shape index (κ2) is 5.46. The molecule has 0 aliphatic heterocycles. The summed E-state index contributed by atoms with van der Waals surface area (Å²) in [6, 6.07) is 7.96. The zero-order valence-corrected chi connectivity index (χ0v) is 11.5. The molecule has 5 nitrogen and oxygen atoms in total. The largest absolute Gasteiger partial charge is 0.497 e. The smallest absolute Gasteiger partial charge is 0.147 e. The Morgan fingerprint density at radius 3 is 2.70 bits per heavy atom. The highest BCUT2D eigenvalue weighted by atomic mass is 16.5. The minimum Gasteiger partial charge on any atom is -0.497 e. The Morgan fingerprint density at radius 1 is 1.20 bits per heavy atom. The summed E-state index contributed by atoms with van der Waals surface area (Å²) in [5.41, 5.74) is 6.17. The maximum absolute atomic E-state index is 5.57. The number of nitrogens with one attached hydrogen (secondary N) is 1. The van der Waals surface area contributed by atoms with Gasteiger partial charge < -0.3 is 10.2 Å².